The normalized spacial score (nSPS) is 11.3. The lowest BCUT2D eigenvalue weighted by molar-refractivity contribution is 0.205. The van der Waals surface area contributed by atoms with E-state index in [0.29, 0.717) is 12.2 Å². The Morgan fingerprint density at radius 2 is 1.70 bits per heavy atom. The smallest absolute Gasteiger partial charge is 0.280 e. The van der Waals surface area contributed by atoms with Gasteiger partial charge in [0.2, 0.25) is 0 Å². The van der Waals surface area contributed by atoms with Crippen LogP contribution in [0.5, 0.6) is 0 Å². The fraction of sp³-hybridized carbons (Fsp3) is 0.190. The van der Waals surface area contributed by atoms with E-state index in [2.05, 4.69) is 34.2 Å². The van der Waals surface area contributed by atoms with Crippen LogP contribution in [0.15, 0.2) is 77.9 Å². The van der Waals surface area contributed by atoms with E-state index in [9.17, 15) is 4.79 Å². The summed E-state index contributed by atoms with van der Waals surface area (Å²) in [5.41, 5.74) is 2.39. The molecular weight excluding hydrogens is 338 g/mol. The van der Waals surface area contributed by atoms with Gasteiger partial charge in [0, 0.05) is 18.1 Å². The third-order valence-corrected chi connectivity index (χ3v) is 4.57. The minimum Gasteiger partial charge on any atom is -0.280 e. The monoisotopic (exact) mass is 359 g/mol. The van der Waals surface area contributed by atoms with Crippen LogP contribution in [-0.4, -0.2) is 31.0 Å². The first-order valence-corrected chi connectivity index (χ1v) is 9.02. The van der Waals surface area contributed by atoms with Crippen molar-refractivity contribution in [1.82, 2.24) is 24.5 Å². The predicted molar refractivity (Wildman–Crippen MR) is 106 cm³/mol. The molecule has 0 spiro atoms. The van der Waals surface area contributed by atoms with Gasteiger partial charge < -0.3 is 0 Å². The molecule has 6 heteroatoms. The Kier molecular flexibility index (Phi) is 4.80. The Balaban J connectivity index is 1.62. The second kappa shape index (κ2) is 7.55. The van der Waals surface area contributed by atoms with Gasteiger partial charge in [0.15, 0.2) is 5.52 Å². The van der Waals surface area contributed by atoms with Gasteiger partial charge in [0.1, 0.15) is 0 Å². The van der Waals surface area contributed by atoms with Crippen LogP contribution >= 0.6 is 0 Å². The van der Waals surface area contributed by atoms with E-state index in [1.54, 1.807) is 10.9 Å². The van der Waals surface area contributed by atoms with Gasteiger partial charge in [-0.3, -0.25) is 9.69 Å². The number of fused-ring (bicyclic) bond motifs is 1. The molecule has 0 N–H and O–H groups in total. The van der Waals surface area contributed by atoms with Crippen molar-refractivity contribution in [2.24, 2.45) is 0 Å². The maximum absolute atomic E-state index is 12.9. The van der Waals surface area contributed by atoms with Gasteiger partial charge in [-0.25, -0.2) is 9.36 Å². The minimum atomic E-state index is -0.173. The molecule has 0 atom stereocenters. The van der Waals surface area contributed by atoms with Crippen LogP contribution in [0.4, 0.5) is 0 Å². The second-order valence-corrected chi connectivity index (χ2v) is 6.43. The number of aromatic nitrogens is 4. The molecule has 0 saturated carbocycles. The highest BCUT2D eigenvalue weighted by atomic mass is 16.1. The van der Waals surface area contributed by atoms with E-state index in [1.807, 2.05) is 54.7 Å². The Morgan fingerprint density at radius 3 is 2.41 bits per heavy atom. The summed E-state index contributed by atoms with van der Waals surface area (Å²) < 4.78 is 3.21. The standard InChI is InChI=1S/C21H21N5O/c1-2-24(14-17-9-5-3-6-10-17)16-26-21(27)20-18(13-22-26)15-25(23-20)19-11-7-4-8-12-19/h3-13,15H,2,14,16H2,1H3. The molecule has 6 nitrogen and oxygen atoms in total. The molecule has 136 valence electrons. The van der Waals surface area contributed by atoms with Gasteiger partial charge in [-0.05, 0) is 24.2 Å². The van der Waals surface area contributed by atoms with Crippen molar-refractivity contribution in [3.63, 3.8) is 0 Å². The largest absolute Gasteiger partial charge is 0.296 e. The molecule has 2 aromatic carbocycles. The quantitative estimate of drug-likeness (QED) is 0.531. The Hall–Kier alpha value is -3.25. The summed E-state index contributed by atoms with van der Waals surface area (Å²) in [5, 5.41) is 9.58. The summed E-state index contributed by atoms with van der Waals surface area (Å²) >= 11 is 0. The predicted octanol–water partition coefficient (Wildman–Crippen LogP) is 3.06. The molecular formula is C21H21N5O. The van der Waals surface area contributed by atoms with Crippen LogP contribution in [0.3, 0.4) is 0 Å². The van der Waals surface area contributed by atoms with E-state index >= 15 is 0 Å². The fourth-order valence-corrected chi connectivity index (χ4v) is 3.06. The summed E-state index contributed by atoms with van der Waals surface area (Å²) in [4.78, 5) is 15.0. The molecule has 4 rings (SSSR count). The highest BCUT2D eigenvalue weighted by molar-refractivity contribution is 5.76. The Morgan fingerprint density at radius 1 is 1.00 bits per heavy atom. The Bertz CT molecular complexity index is 1090. The lowest BCUT2D eigenvalue weighted by atomic mass is 10.2. The lowest BCUT2D eigenvalue weighted by Gasteiger charge is -2.20. The van der Waals surface area contributed by atoms with Crippen LogP contribution in [-0.2, 0) is 13.2 Å². The van der Waals surface area contributed by atoms with Crippen molar-refractivity contribution < 1.29 is 0 Å². The molecule has 27 heavy (non-hydrogen) atoms. The van der Waals surface area contributed by atoms with E-state index in [4.69, 9.17) is 0 Å². The first kappa shape index (κ1) is 17.2. The molecule has 4 aromatic rings. The van der Waals surface area contributed by atoms with Crippen molar-refractivity contribution in [2.45, 2.75) is 20.1 Å². The van der Waals surface area contributed by atoms with Crippen molar-refractivity contribution in [3.8, 4) is 5.69 Å². The van der Waals surface area contributed by atoms with Gasteiger partial charge in [0.25, 0.3) is 5.56 Å². The number of nitrogens with zero attached hydrogens (tertiary/aromatic N) is 5. The summed E-state index contributed by atoms with van der Waals surface area (Å²) in [7, 11) is 0. The zero-order valence-corrected chi connectivity index (χ0v) is 15.2. The average Bonchev–Trinajstić information content (AvgIpc) is 3.16. The SMILES string of the molecule is CCN(Cc1ccccc1)Cn1ncc2cn(-c3ccccc3)nc2c1=O. The van der Waals surface area contributed by atoms with E-state index in [0.717, 1.165) is 24.2 Å². The topological polar surface area (TPSA) is 56.0 Å². The average molecular weight is 359 g/mol. The first-order valence-electron chi connectivity index (χ1n) is 9.02. The minimum absolute atomic E-state index is 0.173. The van der Waals surface area contributed by atoms with E-state index in [1.165, 1.54) is 10.2 Å². The van der Waals surface area contributed by atoms with E-state index < -0.39 is 0 Å². The second-order valence-electron chi connectivity index (χ2n) is 6.43. The summed E-state index contributed by atoms with van der Waals surface area (Å²) in [6.45, 7) is 4.09. The van der Waals surface area contributed by atoms with Gasteiger partial charge in [-0.1, -0.05) is 55.5 Å². The van der Waals surface area contributed by atoms with Gasteiger partial charge in [-0.2, -0.15) is 10.2 Å². The third-order valence-electron chi connectivity index (χ3n) is 4.57. The number of para-hydroxylation sites is 1. The molecule has 2 heterocycles. The molecule has 0 bridgehead atoms. The number of rotatable bonds is 6. The first-order chi connectivity index (χ1) is 13.2. The third kappa shape index (κ3) is 3.66. The number of hydrogen-bond donors (Lipinski definition) is 0. The fourth-order valence-electron chi connectivity index (χ4n) is 3.06. The van der Waals surface area contributed by atoms with Crippen LogP contribution < -0.4 is 5.56 Å². The van der Waals surface area contributed by atoms with Crippen LogP contribution in [0.2, 0.25) is 0 Å². The highest BCUT2D eigenvalue weighted by Crippen LogP contribution is 2.12. The molecule has 0 saturated heterocycles. The molecule has 2 aromatic heterocycles. The van der Waals surface area contributed by atoms with Gasteiger partial charge >= 0.3 is 0 Å². The zero-order chi connectivity index (χ0) is 18.6. The molecule has 0 radical (unpaired) electrons. The van der Waals surface area contributed by atoms with Crippen molar-refractivity contribution in [1.29, 1.82) is 0 Å². The van der Waals surface area contributed by atoms with Crippen molar-refractivity contribution >= 4 is 10.9 Å². The van der Waals surface area contributed by atoms with Crippen molar-refractivity contribution in [3.05, 3.63) is 89.0 Å². The zero-order valence-electron chi connectivity index (χ0n) is 15.2. The van der Waals surface area contributed by atoms with E-state index in [-0.39, 0.29) is 5.56 Å². The van der Waals surface area contributed by atoms with Gasteiger partial charge in [0.05, 0.1) is 18.6 Å². The number of hydrogen-bond acceptors (Lipinski definition) is 4. The Labute approximate surface area is 157 Å². The maximum Gasteiger partial charge on any atom is 0.296 e. The number of benzene rings is 2. The maximum atomic E-state index is 12.9. The lowest BCUT2D eigenvalue weighted by Crippen LogP contribution is -2.33. The van der Waals surface area contributed by atoms with Gasteiger partial charge in [-0.15, -0.1) is 0 Å². The molecule has 0 unspecified atom stereocenters. The summed E-state index contributed by atoms with van der Waals surface area (Å²) in [6.07, 6.45) is 3.55. The van der Waals surface area contributed by atoms with Crippen molar-refractivity contribution in [2.75, 3.05) is 6.54 Å². The summed E-state index contributed by atoms with van der Waals surface area (Å²) in [5.74, 6) is 0. The molecule has 0 amide bonds. The van der Waals surface area contributed by atoms with Crippen LogP contribution in [0.25, 0.3) is 16.6 Å². The van der Waals surface area contributed by atoms with Crippen LogP contribution in [0, 0.1) is 0 Å². The van der Waals surface area contributed by atoms with Crippen LogP contribution in [0.1, 0.15) is 12.5 Å². The molecule has 0 aliphatic rings. The molecule has 0 aliphatic carbocycles. The summed E-state index contributed by atoms with van der Waals surface area (Å²) in [6, 6.07) is 20.0. The molecule has 0 aliphatic heterocycles. The molecule has 0 fully saturated rings. The highest BCUT2D eigenvalue weighted by Gasteiger charge is 2.12.